The van der Waals surface area contributed by atoms with Crippen LogP contribution >= 0.6 is 10.9 Å². The molecule has 2 unspecified atom stereocenters. The fourth-order valence-electron chi connectivity index (χ4n) is 5.73. The lowest BCUT2D eigenvalue weighted by atomic mass is 10.0. The van der Waals surface area contributed by atoms with Gasteiger partial charge >= 0.3 is 0 Å². The van der Waals surface area contributed by atoms with E-state index >= 15 is 0 Å². The average Bonchev–Trinajstić information content (AvgIpc) is 3.15. The summed E-state index contributed by atoms with van der Waals surface area (Å²) < 4.78 is 0. The van der Waals surface area contributed by atoms with E-state index in [0.717, 1.165) is 68.3 Å². The number of rotatable bonds is 4. The van der Waals surface area contributed by atoms with Crippen molar-refractivity contribution in [3.63, 3.8) is 0 Å². The summed E-state index contributed by atoms with van der Waals surface area (Å²) >= 11 is 0. The summed E-state index contributed by atoms with van der Waals surface area (Å²) in [6, 6.07) is 8.56. The topological polar surface area (TPSA) is 90.5 Å². The van der Waals surface area contributed by atoms with E-state index in [4.69, 9.17) is 4.98 Å². The maximum Gasteiger partial charge on any atom is 0.226 e. The van der Waals surface area contributed by atoms with Gasteiger partial charge in [-0.15, -0.1) is 0 Å². The number of aromatic nitrogens is 2. The van der Waals surface area contributed by atoms with Crippen molar-refractivity contribution in [2.75, 3.05) is 44.7 Å². The Morgan fingerprint density at radius 3 is 2.92 bits per heavy atom. The van der Waals surface area contributed by atoms with Crippen molar-refractivity contribution in [3.05, 3.63) is 52.2 Å². The van der Waals surface area contributed by atoms with Gasteiger partial charge in [-0.3, -0.25) is 9.59 Å². The molecule has 0 aliphatic carbocycles. The molecule has 2 aromatic rings. The van der Waals surface area contributed by atoms with E-state index in [9.17, 15) is 9.59 Å². The molecule has 0 saturated carbocycles. The second-order valence-electron chi connectivity index (χ2n) is 10.2. The molecule has 0 radical (unpaired) electrons. The van der Waals surface area contributed by atoms with Gasteiger partial charge in [0.1, 0.15) is 5.03 Å². The normalized spacial score (nSPS) is 25.1. The lowest BCUT2D eigenvalue weighted by Gasteiger charge is -2.30. The maximum atomic E-state index is 13.7. The van der Waals surface area contributed by atoms with Gasteiger partial charge in [-0.05, 0) is 51.0 Å². The van der Waals surface area contributed by atoms with Crippen LogP contribution in [0, 0.1) is 0 Å². The number of piperidine rings is 1. The third-order valence-electron chi connectivity index (χ3n) is 7.70. The van der Waals surface area contributed by atoms with Crippen molar-refractivity contribution in [2.45, 2.75) is 54.5 Å². The van der Waals surface area contributed by atoms with Crippen LogP contribution in [0.25, 0.3) is 0 Å². The van der Waals surface area contributed by atoms with Crippen molar-refractivity contribution < 1.29 is 9.59 Å². The Labute approximate surface area is 214 Å². The molecule has 2 fully saturated rings. The van der Waals surface area contributed by atoms with Crippen LogP contribution in [0.1, 0.15) is 48.0 Å². The van der Waals surface area contributed by atoms with Crippen LogP contribution in [0.3, 0.4) is 0 Å². The monoisotopic (exact) mass is 506 g/mol. The van der Waals surface area contributed by atoms with Crippen molar-refractivity contribution in [1.82, 2.24) is 25.5 Å². The van der Waals surface area contributed by atoms with Gasteiger partial charge in [-0.1, -0.05) is 24.6 Å². The fourth-order valence-corrected chi connectivity index (χ4v) is 8.48. The van der Waals surface area contributed by atoms with E-state index in [1.54, 1.807) is 6.20 Å². The smallest absolute Gasteiger partial charge is 0.226 e. The fraction of sp³-hybridized carbons (Fsp3) is 0.481. The molecule has 2 saturated heterocycles. The molecule has 2 atom stereocenters. The molecule has 4 aliphatic heterocycles. The zero-order valence-corrected chi connectivity index (χ0v) is 21.7. The van der Waals surface area contributed by atoms with E-state index in [2.05, 4.69) is 50.7 Å². The largest absolute Gasteiger partial charge is 0.339 e. The van der Waals surface area contributed by atoms with Crippen molar-refractivity contribution in [3.8, 4) is 0 Å². The van der Waals surface area contributed by atoms with Gasteiger partial charge in [0.05, 0.1) is 11.3 Å². The Hall–Kier alpha value is -2.75. The molecule has 0 bridgehead atoms. The molecule has 5 heterocycles. The van der Waals surface area contributed by atoms with Gasteiger partial charge in [0, 0.05) is 54.5 Å². The molecule has 9 heteroatoms. The summed E-state index contributed by atoms with van der Waals surface area (Å²) in [6.45, 7) is 4.76. The summed E-state index contributed by atoms with van der Waals surface area (Å²) in [5.41, 5.74) is 2.21. The molecule has 8 nitrogen and oxygen atoms in total. The molecule has 0 spiro atoms. The van der Waals surface area contributed by atoms with Gasteiger partial charge in [-0.2, -0.15) is 10.9 Å². The van der Waals surface area contributed by atoms with Gasteiger partial charge in [0.2, 0.25) is 17.6 Å². The summed E-state index contributed by atoms with van der Waals surface area (Å²) in [6.07, 6.45) is 7.12. The number of allylic oxidation sites excluding steroid dienone is 2. The van der Waals surface area contributed by atoms with Crippen LogP contribution in [-0.2, 0) is 11.2 Å². The first-order valence-corrected chi connectivity index (χ1v) is 14.4. The highest BCUT2D eigenvalue weighted by molar-refractivity contribution is 8.20. The minimum absolute atomic E-state index is 0.0918. The first-order valence-electron chi connectivity index (χ1n) is 13.1. The molecule has 1 aromatic carbocycles. The number of carbonyl (C=O) groups excluding carboxylic acids is 2. The Morgan fingerprint density at radius 1 is 1.17 bits per heavy atom. The number of amides is 1. The van der Waals surface area contributed by atoms with E-state index in [-0.39, 0.29) is 17.7 Å². The first-order chi connectivity index (χ1) is 17.6. The number of nitrogens with one attached hydrogen (secondary N) is 2. The summed E-state index contributed by atoms with van der Waals surface area (Å²) in [5, 5.41) is 7.32. The highest BCUT2D eigenvalue weighted by Gasteiger charge is 2.39. The average molecular weight is 507 g/mol. The molecule has 6 rings (SSSR count). The number of thiol groups is 1. The summed E-state index contributed by atoms with van der Waals surface area (Å²) in [4.78, 5) is 43.3. The SMILES string of the molecule is CN1CCCN(c2ncc3c(n2)[SH]2C(=C(NC(=O)CC4CCCCN4)C3=O)Cc3ccccc32)CC1. The second-order valence-corrected chi connectivity index (χ2v) is 12.4. The molecule has 1 aromatic heterocycles. The number of likely N-dealkylation sites (N-methyl/N-ethyl adjacent to an activating group) is 1. The molecule has 36 heavy (non-hydrogen) atoms. The van der Waals surface area contributed by atoms with E-state index in [1.165, 1.54) is 10.5 Å². The number of hydrogen-bond donors (Lipinski definition) is 3. The Kier molecular flexibility index (Phi) is 6.54. The minimum Gasteiger partial charge on any atom is -0.339 e. The van der Waals surface area contributed by atoms with Gasteiger partial charge in [0.15, 0.2) is 0 Å². The maximum absolute atomic E-state index is 13.7. The zero-order chi connectivity index (χ0) is 24.6. The number of hydrogen-bond acceptors (Lipinski definition) is 7. The summed E-state index contributed by atoms with van der Waals surface area (Å²) in [5.74, 6) is 0.462. The number of fused-ring (bicyclic) bond motifs is 5. The minimum atomic E-state index is -0.980. The number of anilines is 1. The Bertz CT molecular complexity index is 1220. The van der Waals surface area contributed by atoms with Gasteiger partial charge in [0.25, 0.3) is 0 Å². The van der Waals surface area contributed by atoms with Gasteiger partial charge < -0.3 is 20.4 Å². The number of benzene rings is 1. The Balaban J connectivity index is 1.35. The first kappa shape index (κ1) is 23.6. The number of carbonyl (C=O) groups is 2. The van der Waals surface area contributed by atoms with E-state index in [1.807, 2.05) is 6.07 Å². The third-order valence-corrected chi connectivity index (χ3v) is 10.3. The zero-order valence-electron chi connectivity index (χ0n) is 20.8. The highest BCUT2D eigenvalue weighted by atomic mass is 32.2. The third kappa shape index (κ3) is 4.44. The van der Waals surface area contributed by atoms with Crippen LogP contribution in [0.15, 0.2) is 51.0 Å². The predicted octanol–water partition coefficient (Wildman–Crippen LogP) is 2.65. The molecule has 4 aliphatic rings. The van der Waals surface area contributed by atoms with Crippen LogP contribution in [0.5, 0.6) is 0 Å². The highest BCUT2D eigenvalue weighted by Crippen LogP contribution is 2.61. The van der Waals surface area contributed by atoms with Crippen LogP contribution in [0.4, 0.5) is 5.95 Å². The Morgan fingerprint density at radius 2 is 2.06 bits per heavy atom. The molecular weight excluding hydrogens is 472 g/mol. The lowest BCUT2D eigenvalue weighted by Crippen LogP contribution is -2.40. The van der Waals surface area contributed by atoms with Crippen LogP contribution < -0.4 is 15.5 Å². The number of ketones is 1. The molecule has 190 valence electrons. The van der Waals surface area contributed by atoms with Crippen LogP contribution in [0.2, 0.25) is 0 Å². The van der Waals surface area contributed by atoms with E-state index < -0.39 is 10.9 Å². The standard InChI is InChI=1S/C27H34N6O2S/c1-32-11-6-12-33(14-13-32)27-29-17-20-25(35)24(30-23(34)16-19-8-4-5-10-28-19)22-15-18-7-2-3-9-21(18)36(22)26(20)31-27/h2-3,7,9,17,19,28,36H,4-6,8,10-16H2,1H3,(H,30,34). The summed E-state index contributed by atoms with van der Waals surface area (Å²) in [7, 11) is 1.16. The number of Topliss-reactive ketones (excluding diaryl/α,β-unsaturated/α-hetero) is 1. The lowest BCUT2D eigenvalue weighted by molar-refractivity contribution is -0.121. The van der Waals surface area contributed by atoms with E-state index in [0.29, 0.717) is 30.1 Å². The molecule has 2 N–H and O–H groups in total. The number of nitrogens with zero attached hydrogens (tertiary/aromatic N) is 4. The van der Waals surface area contributed by atoms with Crippen molar-refractivity contribution >= 4 is 28.5 Å². The van der Waals surface area contributed by atoms with Crippen LogP contribution in [-0.4, -0.2) is 72.4 Å². The molecular formula is C27H34N6O2S. The second kappa shape index (κ2) is 9.95. The van der Waals surface area contributed by atoms with Crippen molar-refractivity contribution in [1.29, 1.82) is 0 Å². The van der Waals surface area contributed by atoms with Crippen molar-refractivity contribution in [2.24, 2.45) is 0 Å². The quantitative estimate of drug-likeness (QED) is 0.434. The molecule has 1 amide bonds. The van der Waals surface area contributed by atoms with Gasteiger partial charge in [-0.25, -0.2) is 9.97 Å². The predicted molar refractivity (Wildman–Crippen MR) is 142 cm³/mol.